The zero-order valence-electron chi connectivity index (χ0n) is 4.97. The first-order valence-corrected chi connectivity index (χ1v) is 3.37. The Bertz CT molecular complexity index is 80.5. The molecule has 2 aliphatic heterocycles. The highest BCUT2D eigenvalue weighted by atomic mass is 16.7. The van der Waals surface area contributed by atoms with E-state index in [0.717, 1.165) is 6.54 Å². The van der Waals surface area contributed by atoms with E-state index >= 15 is 0 Å². The van der Waals surface area contributed by atoms with Crippen molar-refractivity contribution < 1.29 is 4.84 Å². The van der Waals surface area contributed by atoms with Crippen molar-refractivity contribution in [3.05, 3.63) is 0 Å². The summed E-state index contributed by atoms with van der Waals surface area (Å²) in [7, 11) is 0. The molecule has 2 atom stereocenters. The standard InChI is InChI=1S/C6H11NO/c1-2-6-3-5-7(4-1)8-6/h6H,1-5H2. The second-order valence-corrected chi connectivity index (χ2v) is 2.59. The minimum Gasteiger partial charge on any atom is -0.296 e. The first kappa shape index (κ1) is 4.77. The van der Waals surface area contributed by atoms with Gasteiger partial charge in [-0.2, -0.15) is 5.06 Å². The minimum absolute atomic E-state index is 0.587. The summed E-state index contributed by atoms with van der Waals surface area (Å²) in [6.07, 6.45) is 4.48. The molecule has 2 unspecified atom stereocenters. The molecule has 0 aliphatic carbocycles. The molecule has 2 nitrogen and oxygen atoms in total. The molecule has 0 spiro atoms. The lowest BCUT2D eigenvalue weighted by molar-refractivity contribution is -0.169. The van der Waals surface area contributed by atoms with E-state index in [9.17, 15) is 0 Å². The summed E-state index contributed by atoms with van der Waals surface area (Å²) in [6.45, 7) is 2.33. The van der Waals surface area contributed by atoms with Crippen molar-refractivity contribution in [2.75, 3.05) is 13.1 Å². The molecule has 2 rings (SSSR count). The molecule has 8 heavy (non-hydrogen) atoms. The summed E-state index contributed by atoms with van der Waals surface area (Å²) < 4.78 is 0. The molecule has 2 bridgehead atoms. The first-order chi connectivity index (χ1) is 3.95. The number of hydrogen-bond donors (Lipinski definition) is 0. The number of nitrogens with zero attached hydrogens (tertiary/aromatic N) is 1. The second kappa shape index (κ2) is 1.71. The third-order valence-corrected chi connectivity index (χ3v) is 1.93. The highest BCUT2D eigenvalue weighted by Gasteiger charge is 2.26. The normalized spacial score (nSPS) is 45.0. The van der Waals surface area contributed by atoms with Gasteiger partial charge in [0.15, 0.2) is 0 Å². The zero-order chi connectivity index (χ0) is 5.40. The fourth-order valence-corrected chi connectivity index (χ4v) is 1.46. The number of hydroxylamine groups is 2. The zero-order valence-corrected chi connectivity index (χ0v) is 4.97. The van der Waals surface area contributed by atoms with Crippen molar-refractivity contribution in [1.82, 2.24) is 5.06 Å². The predicted molar refractivity (Wildman–Crippen MR) is 30.3 cm³/mol. The topological polar surface area (TPSA) is 12.5 Å². The molecule has 0 aromatic rings. The monoisotopic (exact) mass is 113 g/mol. The molecule has 2 fully saturated rings. The molecule has 46 valence electrons. The van der Waals surface area contributed by atoms with Crippen molar-refractivity contribution in [1.29, 1.82) is 0 Å². The number of hydrogen-bond acceptors (Lipinski definition) is 2. The Morgan fingerprint density at radius 3 is 3.00 bits per heavy atom. The molecule has 2 heterocycles. The molecule has 2 saturated heterocycles. The highest BCUT2D eigenvalue weighted by Crippen LogP contribution is 2.22. The van der Waals surface area contributed by atoms with Crippen LogP contribution in [0.5, 0.6) is 0 Å². The van der Waals surface area contributed by atoms with Crippen molar-refractivity contribution in [3.8, 4) is 0 Å². The molecular weight excluding hydrogens is 102 g/mol. The molecule has 0 radical (unpaired) electrons. The van der Waals surface area contributed by atoms with Gasteiger partial charge in [0, 0.05) is 13.1 Å². The lowest BCUT2D eigenvalue weighted by Gasteiger charge is -2.21. The van der Waals surface area contributed by atoms with Crippen molar-refractivity contribution in [3.63, 3.8) is 0 Å². The quantitative estimate of drug-likeness (QED) is 0.460. The molecule has 0 amide bonds. The van der Waals surface area contributed by atoms with Crippen LogP contribution < -0.4 is 0 Å². The fraction of sp³-hybridized carbons (Fsp3) is 1.00. The van der Waals surface area contributed by atoms with E-state index < -0.39 is 0 Å². The fourth-order valence-electron chi connectivity index (χ4n) is 1.46. The van der Waals surface area contributed by atoms with Crippen LogP contribution in [0.2, 0.25) is 0 Å². The third kappa shape index (κ3) is 0.644. The van der Waals surface area contributed by atoms with E-state index in [1.807, 2.05) is 0 Å². The van der Waals surface area contributed by atoms with Crippen molar-refractivity contribution >= 4 is 0 Å². The Hall–Kier alpha value is -0.0800. The summed E-state index contributed by atoms with van der Waals surface area (Å²) in [5.74, 6) is 0. The van der Waals surface area contributed by atoms with Crippen LogP contribution in [0, 0.1) is 0 Å². The Labute approximate surface area is 49.4 Å². The van der Waals surface area contributed by atoms with Gasteiger partial charge in [0.05, 0.1) is 6.10 Å². The van der Waals surface area contributed by atoms with Crippen LogP contribution in [0.15, 0.2) is 0 Å². The van der Waals surface area contributed by atoms with Crippen LogP contribution in [0.4, 0.5) is 0 Å². The van der Waals surface area contributed by atoms with Gasteiger partial charge in [-0.05, 0) is 19.3 Å². The average molecular weight is 113 g/mol. The van der Waals surface area contributed by atoms with Gasteiger partial charge in [-0.15, -0.1) is 0 Å². The smallest absolute Gasteiger partial charge is 0.0806 e. The molecule has 0 saturated carbocycles. The van der Waals surface area contributed by atoms with Crippen LogP contribution in [0.1, 0.15) is 19.3 Å². The molecule has 0 aromatic heterocycles. The van der Waals surface area contributed by atoms with E-state index in [0.29, 0.717) is 6.10 Å². The maximum Gasteiger partial charge on any atom is 0.0806 e. The molecular formula is C6H11NO. The summed E-state index contributed by atoms with van der Waals surface area (Å²) in [5, 5.41) is 2.09. The summed E-state index contributed by atoms with van der Waals surface area (Å²) in [6, 6.07) is 0. The van der Waals surface area contributed by atoms with Crippen molar-refractivity contribution in [2.24, 2.45) is 0 Å². The first-order valence-electron chi connectivity index (χ1n) is 3.37. The van der Waals surface area contributed by atoms with Crippen LogP contribution in [0.3, 0.4) is 0 Å². The maximum atomic E-state index is 5.43. The van der Waals surface area contributed by atoms with Crippen LogP contribution in [-0.2, 0) is 4.84 Å². The second-order valence-electron chi connectivity index (χ2n) is 2.59. The van der Waals surface area contributed by atoms with Crippen LogP contribution >= 0.6 is 0 Å². The minimum atomic E-state index is 0.587. The highest BCUT2D eigenvalue weighted by molar-refractivity contribution is 4.71. The molecule has 2 aliphatic rings. The lowest BCUT2D eigenvalue weighted by atomic mass is 10.2. The van der Waals surface area contributed by atoms with E-state index in [2.05, 4.69) is 5.06 Å². The average Bonchev–Trinajstić information content (AvgIpc) is 2.12. The Morgan fingerprint density at radius 2 is 2.25 bits per heavy atom. The van der Waals surface area contributed by atoms with Gasteiger partial charge in [0.2, 0.25) is 0 Å². The summed E-state index contributed by atoms with van der Waals surface area (Å²) in [4.78, 5) is 5.43. The SMILES string of the molecule is C1CC2CCN(C1)O2. The Morgan fingerprint density at radius 1 is 1.25 bits per heavy atom. The van der Waals surface area contributed by atoms with Crippen LogP contribution in [0.25, 0.3) is 0 Å². The van der Waals surface area contributed by atoms with Gasteiger partial charge in [0.1, 0.15) is 0 Å². The third-order valence-electron chi connectivity index (χ3n) is 1.93. The van der Waals surface area contributed by atoms with Crippen molar-refractivity contribution in [2.45, 2.75) is 25.4 Å². The van der Waals surface area contributed by atoms with E-state index in [1.54, 1.807) is 0 Å². The number of fused-ring (bicyclic) bond motifs is 2. The van der Waals surface area contributed by atoms with Gasteiger partial charge in [-0.25, -0.2) is 0 Å². The summed E-state index contributed by atoms with van der Waals surface area (Å²) >= 11 is 0. The van der Waals surface area contributed by atoms with Gasteiger partial charge in [-0.1, -0.05) is 0 Å². The largest absolute Gasteiger partial charge is 0.296 e. The maximum absolute atomic E-state index is 5.43. The predicted octanol–water partition coefficient (Wildman–Crippen LogP) is 0.786. The van der Waals surface area contributed by atoms with E-state index in [4.69, 9.17) is 4.84 Å². The number of rotatable bonds is 0. The summed E-state index contributed by atoms with van der Waals surface area (Å²) in [5.41, 5.74) is 0. The van der Waals surface area contributed by atoms with Gasteiger partial charge in [-0.3, -0.25) is 4.84 Å². The molecule has 0 N–H and O–H groups in total. The van der Waals surface area contributed by atoms with Crippen LogP contribution in [-0.4, -0.2) is 24.3 Å². The van der Waals surface area contributed by atoms with Gasteiger partial charge in [0.25, 0.3) is 0 Å². The van der Waals surface area contributed by atoms with E-state index in [1.165, 1.54) is 25.8 Å². The lowest BCUT2D eigenvalue weighted by Crippen LogP contribution is -2.25. The molecule has 0 aromatic carbocycles. The van der Waals surface area contributed by atoms with Gasteiger partial charge < -0.3 is 0 Å². The molecule has 2 heteroatoms. The van der Waals surface area contributed by atoms with Gasteiger partial charge >= 0.3 is 0 Å². The van der Waals surface area contributed by atoms with E-state index in [-0.39, 0.29) is 0 Å². The Kier molecular flexibility index (Phi) is 1.02. The Balaban J connectivity index is 2.03.